The van der Waals surface area contributed by atoms with E-state index >= 15 is 0 Å². The summed E-state index contributed by atoms with van der Waals surface area (Å²) in [6, 6.07) is 27.9. The second-order valence-corrected chi connectivity index (χ2v) is 17.1. The second kappa shape index (κ2) is 11.5. The molecule has 0 heterocycles. The molecule has 226 valence electrons. The Kier molecular flexibility index (Phi) is 8.75. The highest BCUT2D eigenvalue weighted by atomic mass is 31.1. The van der Waals surface area contributed by atoms with Crippen molar-refractivity contribution in [1.29, 1.82) is 0 Å². The van der Waals surface area contributed by atoms with Gasteiger partial charge in [0.1, 0.15) is 0 Å². The maximum Gasteiger partial charge on any atom is 0.546 e. The van der Waals surface area contributed by atoms with Crippen LogP contribution in [0, 0.1) is 0 Å². The van der Waals surface area contributed by atoms with Crippen molar-refractivity contribution in [3.8, 4) is 33.4 Å². The lowest BCUT2D eigenvalue weighted by atomic mass is 9.73. The first-order valence-electron chi connectivity index (χ1n) is 15.4. The van der Waals surface area contributed by atoms with Crippen LogP contribution in [0.15, 0.2) is 78.9 Å². The fourth-order valence-corrected chi connectivity index (χ4v) is 6.49. The normalized spacial score (nSPS) is 13.3. The lowest BCUT2D eigenvalue weighted by Crippen LogP contribution is -2.20. The molecule has 0 amide bonds. The summed E-state index contributed by atoms with van der Waals surface area (Å²) in [6.07, 6.45) is 0. The van der Waals surface area contributed by atoms with Crippen molar-refractivity contribution in [3.63, 3.8) is 0 Å². The molecule has 3 heteroatoms. The highest BCUT2D eigenvalue weighted by Gasteiger charge is 2.34. The van der Waals surface area contributed by atoms with Crippen LogP contribution in [-0.4, -0.2) is 4.89 Å². The first kappa shape index (κ1) is 32.8. The van der Waals surface area contributed by atoms with Gasteiger partial charge in [0.15, 0.2) is 0 Å². The van der Waals surface area contributed by atoms with E-state index in [1.54, 1.807) is 0 Å². The highest BCUT2D eigenvalue weighted by molar-refractivity contribution is 7.47. The van der Waals surface area contributed by atoms with Crippen molar-refractivity contribution in [3.05, 3.63) is 101 Å². The number of rotatable bonds is 4. The maximum absolute atomic E-state index is 13.2. The summed E-state index contributed by atoms with van der Waals surface area (Å²) in [5, 5.41) is 0.471. The van der Waals surface area contributed by atoms with Gasteiger partial charge in [-0.2, -0.15) is 4.89 Å². The highest BCUT2D eigenvalue weighted by Crippen LogP contribution is 2.48. The Labute approximate surface area is 261 Å². The minimum Gasteiger partial charge on any atom is -0.156 e. The van der Waals surface area contributed by atoms with Gasteiger partial charge in [-0.15, -0.1) is 0 Å². The average Bonchev–Trinajstić information content (AvgIpc) is 2.90. The Morgan fingerprint density at radius 1 is 0.488 bits per heavy atom. The molecule has 2 nitrogen and oxygen atoms in total. The smallest absolute Gasteiger partial charge is 0.156 e. The predicted octanol–water partition coefficient (Wildman–Crippen LogP) is 11.2. The van der Waals surface area contributed by atoms with Crippen LogP contribution in [-0.2, 0) is 26.2 Å². The summed E-state index contributed by atoms with van der Waals surface area (Å²) >= 11 is 0. The van der Waals surface area contributed by atoms with Gasteiger partial charge in [-0.25, -0.2) is 0 Å². The fourth-order valence-electron chi connectivity index (χ4n) is 5.86. The quantitative estimate of drug-likeness (QED) is 0.239. The topological polar surface area (TPSA) is 37.3 Å². The van der Waals surface area contributed by atoms with Gasteiger partial charge in [-0.3, -0.25) is 0 Å². The Balaban J connectivity index is 2.29. The fraction of sp³-hybridized carbons (Fsp3) is 0.400. The summed E-state index contributed by atoms with van der Waals surface area (Å²) in [6.45, 7) is 26.9. The molecule has 4 aromatic rings. The zero-order valence-electron chi connectivity index (χ0n) is 28.3. The van der Waals surface area contributed by atoms with Gasteiger partial charge >= 0.3 is 8.03 Å². The van der Waals surface area contributed by atoms with Crippen LogP contribution in [0.1, 0.15) is 105 Å². The first-order chi connectivity index (χ1) is 19.7. The predicted molar refractivity (Wildman–Crippen MR) is 187 cm³/mol. The largest absolute Gasteiger partial charge is 0.546 e. The lowest BCUT2D eigenvalue weighted by Gasteiger charge is -2.31. The summed E-state index contributed by atoms with van der Waals surface area (Å²) in [5.41, 5.74) is 10.7. The molecule has 4 rings (SSSR count). The van der Waals surface area contributed by atoms with Gasteiger partial charge in [0.2, 0.25) is 5.30 Å². The van der Waals surface area contributed by atoms with Gasteiger partial charge in [0, 0.05) is 11.1 Å². The van der Waals surface area contributed by atoms with Crippen LogP contribution >= 0.6 is 8.03 Å². The molecular formula is C40H50O2P+. The SMILES string of the molecule is CC(C)(C)c1ccc(-c2c(-c3ccccc3)ccc([P+](=O)O)c2-c2ccc(C(C)(C)C)cc2C(C)(C)C)c(C(C)(C)C)c1. The molecule has 1 atom stereocenters. The van der Waals surface area contributed by atoms with E-state index in [-0.39, 0.29) is 21.7 Å². The molecule has 1 N–H and O–H groups in total. The van der Waals surface area contributed by atoms with Crippen LogP contribution in [0.2, 0.25) is 0 Å². The summed E-state index contributed by atoms with van der Waals surface area (Å²) in [7, 11) is -2.62. The molecule has 0 fully saturated rings. The average molecular weight is 594 g/mol. The summed E-state index contributed by atoms with van der Waals surface area (Å²) in [4.78, 5) is 10.9. The van der Waals surface area contributed by atoms with Crippen molar-refractivity contribution in [2.45, 2.75) is 105 Å². The summed E-state index contributed by atoms with van der Waals surface area (Å²) < 4.78 is 13.2. The minimum absolute atomic E-state index is 0.0118. The molecule has 0 spiro atoms. The molecule has 0 aliphatic rings. The zero-order valence-corrected chi connectivity index (χ0v) is 29.2. The van der Waals surface area contributed by atoms with Crippen LogP contribution < -0.4 is 5.30 Å². The standard InChI is InChI=1S/C40H49O2P/c1-37(2,3)27-18-20-30(32(24-27)39(7,8)9)35-29(26-16-14-13-15-17-26)22-23-34(43(41)42)36(35)31-21-19-28(38(4,5)6)25-33(31)40(10,11)12/h13-25H,1-12H3/p+1. The van der Waals surface area contributed by atoms with Crippen molar-refractivity contribution in [1.82, 2.24) is 0 Å². The molecular weight excluding hydrogens is 543 g/mol. The first-order valence-corrected chi connectivity index (χ1v) is 16.6. The van der Waals surface area contributed by atoms with E-state index in [1.807, 2.05) is 18.2 Å². The summed E-state index contributed by atoms with van der Waals surface area (Å²) in [5.74, 6) is 0. The van der Waals surface area contributed by atoms with Crippen molar-refractivity contribution < 1.29 is 9.46 Å². The Morgan fingerprint density at radius 3 is 1.30 bits per heavy atom. The Hall–Kier alpha value is -3.06. The van der Waals surface area contributed by atoms with Gasteiger partial charge in [0.25, 0.3) is 0 Å². The minimum atomic E-state index is -2.62. The zero-order chi connectivity index (χ0) is 32.1. The van der Waals surface area contributed by atoms with Crippen molar-refractivity contribution >= 4 is 13.3 Å². The van der Waals surface area contributed by atoms with Gasteiger partial charge < -0.3 is 0 Å². The third-order valence-corrected chi connectivity index (χ3v) is 9.18. The lowest BCUT2D eigenvalue weighted by molar-refractivity contribution is 0.513. The van der Waals surface area contributed by atoms with Gasteiger partial charge in [0.05, 0.1) is 0 Å². The van der Waals surface area contributed by atoms with Crippen LogP contribution in [0.3, 0.4) is 0 Å². The number of hydrogen-bond acceptors (Lipinski definition) is 1. The third kappa shape index (κ3) is 6.87. The van der Waals surface area contributed by atoms with E-state index in [0.29, 0.717) is 5.30 Å². The van der Waals surface area contributed by atoms with E-state index < -0.39 is 8.03 Å². The van der Waals surface area contributed by atoms with Crippen molar-refractivity contribution in [2.75, 3.05) is 0 Å². The van der Waals surface area contributed by atoms with Crippen LogP contribution in [0.5, 0.6) is 0 Å². The Morgan fingerprint density at radius 2 is 0.907 bits per heavy atom. The maximum atomic E-state index is 13.2. The van der Waals surface area contributed by atoms with E-state index in [1.165, 1.54) is 22.3 Å². The molecule has 4 aromatic carbocycles. The molecule has 1 unspecified atom stereocenters. The molecule has 43 heavy (non-hydrogen) atoms. The second-order valence-electron chi connectivity index (χ2n) is 16.0. The van der Waals surface area contributed by atoms with Crippen molar-refractivity contribution in [2.24, 2.45) is 0 Å². The number of benzene rings is 4. The van der Waals surface area contributed by atoms with E-state index in [4.69, 9.17) is 0 Å². The molecule has 0 radical (unpaired) electrons. The molecule has 0 aliphatic heterocycles. The molecule has 0 saturated carbocycles. The molecule has 0 aliphatic carbocycles. The van der Waals surface area contributed by atoms with E-state index in [9.17, 15) is 9.46 Å². The van der Waals surface area contributed by atoms with E-state index in [0.717, 1.165) is 33.4 Å². The van der Waals surface area contributed by atoms with Gasteiger partial charge in [-0.1, -0.05) is 150 Å². The number of hydrogen-bond donors (Lipinski definition) is 1. The van der Waals surface area contributed by atoms with Crippen LogP contribution in [0.25, 0.3) is 33.4 Å². The van der Waals surface area contributed by atoms with Gasteiger partial charge in [-0.05, 0) is 82.9 Å². The van der Waals surface area contributed by atoms with E-state index in [2.05, 4.69) is 144 Å². The molecule has 0 bridgehead atoms. The monoisotopic (exact) mass is 593 g/mol. The molecule has 0 saturated heterocycles. The Bertz CT molecular complexity index is 1650. The molecule has 0 aromatic heterocycles. The third-order valence-electron chi connectivity index (χ3n) is 8.40. The van der Waals surface area contributed by atoms with Crippen LogP contribution in [0.4, 0.5) is 0 Å².